The molecular formula is C16H33N3O. The first-order valence-corrected chi connectivity index (χ1v) is 8.47. The fourth-order valence-corrected chi connectivity index (χ4v) is 3.37. The lowest BCUT2D eigenvalue weighted by Gasteiger charge is -2.38. The molecule has 118 valence electrons. The molecule has 2 fully saturated rings. The lowest BCUT2D eigenvalue weighted by atomic mass is 9.97. The van der Waals surface area contributed by atoms with Crippen LogP contribution in [0.5, 0.6) is 0 Å². The Morgan fingerprint density at radius 2 is 2.00 bits per heavy atom. The van der Waals surface area contributed by atoms with Crippen molar-refractivity contribution in [1.82, 2.24) is 15.1 Å². The zero-order valence-corrected chi connectivity index (χ0v) is 13.6. The third kappa shape index (κ3) is 4.99. The van der Waals surface area contributed by atoms with Gasteiger partial charge in [0.25, 0.3) is 0 Å². The van der Waals surface area contributed by atoms with E-state index in [1.54, 1.807) is 0 Å². The van der Waals surface area contributed by atoms with Gasteiger partial charge in [-0.2, -0.15) is 0 Å². The summed E-state index contributed by atoms with van der Waals surface area (Å²) in [6.07, 6.45) is 3.06. The fourth-order valence-electron chi connectivity index (χ4n) is 3.37. The van der Waals surface area contributed by atoms with Crippen molar-refractivity contribution in [3.8, 4) is 0 Å². The van der Waals surface area contributed by atoms with Crippen molar-refractivity contribution < 1.29 is 4.74 Å². The van der Waals surface area contributed by atoms with Gasteiger partial charge in [-0.05, 0) is 52.2 Å². The molecule has 2 aliphatic heterocycles. The highest BCUT2D eigenvalue weighted by Gasteiger charge is 2.25. The summed E-state index contributed by atoms with van der Waals surface area (Å²) in [6, 6.07) is 0.640. The van der Waals surface area contributed by atoms with E-state index in [1.165, 1.54) is 32.5 Å². The fraction of sp³-hybridized carbons (Fsp3) is 1.00. The van der Waals surface area contributed by atoms with Gasteiger partial charge in [0.15, 0.2) is 0 Å². The maximum absolute atomic E-state index is 5.98. The standard InChI is InChI=1S/C16H33N3O/c1-4-18(11-15-5-7-17-8-6-15)12-16-13-19(14(2)3)9-10-20-16/h14-17H,4-13H2,1-3H3. The van der Waals surface area contributed by atoms with Gasteiger partial charge in [-0.3, -0.25) is 4.90 Å². The second-order valence-corrected chi connectivity index (χ2v) is 6.63. The molecule has 1 N–H and O–H groups in total. The first kappa shape index (κ1) is 16.2. The minimum Gasteiger partial charge on any atom is -0.374 e. The van der Waals surface area contributed by atoms with Gasteiger partial charge in [0.05, 0.1) is 12.7 Å². The third-order valence-corrected chi connectivity index (χ3v) is 4.78. The van der Waals surface area contributed by atoms with Gasteiger partial charge in [-0.25, -0.2) is 0 Å². The Labute approximate surface area is 124 Å². The van der Waals surface area contributed by atoms with E-state index in [2.05, 4.69) is 35.9 Å². The molecule has 0 aromatic carbocycles. The van der Waals surface area contributed by atoms with Crippen LogP contribution in [0.2, 0.25) is 0 Å². The minimum absolute atomic E-state index is 0.396. The van der Waals surface area contributed by atoms with Crippen LogP contribution in [0, 0.1) is 5.92 Å². The maximum Gasteiger partial charge on any atom is 0.0829 e. The Hall–Kier alpha value is -0.160. The van der Waals surface area contributed by atoms with E-state index >= 15 is 0 Å². The van der Waals surface area contributed by atoms with Gasteiger partial charge >= 0.3 is 0 Å². The second kappa shape index (κ2) is 8.32. The lowest BCUT2D eigenvalue weighted by molar-refractivity contribution is -0.0532. The zero-order valence-electron chi connectivity index (χ0n) is 13.6. The number of nitrogens with one attached hydrogen (secondary N) is 1. The largest absolute Gasteiger partial charge is 0.374 e. The number of ether oxygens (including phenoxy) is 1. The maximum atomic E-state index is 5.98. The molecule has 1 atom stereocenters. The van der Waals surface area contributed by atoms with Crippen LogP contribution in [0.1, 0.15) is 33.6 Å². The van der Waals surface area contributed by atoms with Crippen LogP contribution in [0.15, 0.2) is 0 Å². The third-order valence-electron chi connectivity index (χ3n) is 4.78. The molecule has 2 saturated heterocycles. The Bertz CT molecular complexity index is 266. The van der Waals surface area contributed by atoms with E-state index < -0.39 is 0 Å². The lowest BCUT2D eigenvalue weighted by Crippen LogP contribution is -2.50. The molecule has 0 aromatic heterocycles. The van der Waals surface area contributed by atoms with Crippen molar-refractivity contribution in [2.45, 2.75) is 45.8 Å². The number of hydrogen-bond donors (Lipinski definition) is 1. The molecule has 0 bridgehead atoms. The molecule has 1 unspecified atom stereocenters. The summed E-state index contributed by atoms with van der Waals surface area (Å²) in [4.78, 5) is 5.15. The van der Waals surface area contributed by atoms with Gasteiger partial charge in [-0.1, -0.05) is 6.92 Å². The van der Waals surface area contributed by atoms with Gasteiger partial charge in [0, 0.05) is 32.2 Å². The Morgan fingerprint density at radius 3 is 2.65 bits per heavy atom. The average molecular weight is 283 g/mol. The number of hydrogen-bond acceptors (Lipinski definition) is 4. The summed E-state index contributed by atoms with van der Waals surface area (Å²) in [6.45, 7) is 15.8. The molecule has 4 heteroatoms. The highest BCUT2D eigenvalue weighted by atomic mass is 16.5. The molecule has 2 rings (SSSR count). The van der Waals surface area contributed by atoms with E-state index in [4.69, 9.17) is 4.74 Å². The summed E-state index contributed by atoms with van der Waals surface area (Å²) in [5.41, 5.74) is 0. The monoisotopic (exact) mass is 283 g/mol. The molecule has 0 saturated carbocycles. The summed E-state index contributed by atoms with van der Waals surface area (Å²) in [7, 11) is 0. The van der Waals surface area contributed by atoms with Crippen molar-refractivity contribution in [1.29, 1.82) is 0 Å². The molecule has 0 spiro atoms. The topological polar surface area (TPSA) is 27.7 Å². The van der Waals surface area contributed by atoms with E-state index in [9.17, 15) is 0 Å². The molecular weight excluding hydrogens is 250 g/mol. The average Bonchev–Trinajstić information content (AvgIpc) is 2.48. The number of likely N-dealkylation sites (N-methyl/N-ethyl adjacent to an activating group) is 1. The van der Waals surface area contributed by atoms with Crippen LogP contribution in [0.25, 0.3) is 0 Å². The zero-order chi connectivity index (χ0) is 14.4. The van der Waals surface area contributed by atoms with E-state index in [0.717, 1.165) is 38.7 Å². The van der Waals surface area contributed by atoms with Crippen molar-refractivity contribution in [3.63, 3.8) is 0 Å². The second-order valence-electron chi connectivity index (χ2n) is 6.63. The van der Waals surface area contributed by atoms with E-state index in [0.29, 0.717) is 12.1 Å². The molecule has 4 nitrogen and oxygen atoms in total. The van der Waals surface area contributed by atoms with Crippen LogP contribution >= 0.6 is 0 Å². The molecule has 0 aromatic rings. The number of rotatable bonds is 6. The predicted octanol–water partition coefficient (Wildman–Crippen LogP) is 1.42. The molecule has 0 radical (unpaired) electrons. The first-order chi connectivity index (χ1) is 9.69. The molecule has 0 amide bonds. The summed E-state index contributed by atoms with van der Waals surface area (Å²) in [5.74, 6) is 0.876. The van der Waals surface area contributed by atoms with Crippen molar-refractivity contribution in [2.75, 3.05) is 52.4 Å². The molecule has 0 aliphatic carbocycles. The van der Waals surface area contributed by atoms with Crippen LogP contribution in [-0.2, 0) is 4.74 Å². The Kier molecular flexibility index (Phi) is 6.75. The van der Waals surface area contributed by atoms with Crippen molar-refractivity contribution >= 4 is 0 Å². The van der Waals surface area contributed by atoms with Crippen molar-refractivity contribution in [3.05, 3.63) is 0 Å². The van der Waals surface area contributed by atoms with Crippen molar-refractivity contribution in [2.24, 2.45) is 5.92 Å². The quantitative estimate of drug-likeness (QED) is 0.798. The smallest absolute Gasteiger partial charge is 0.0829 e. The SMILES string of the molecule is CCN(CC1CCNCC1)CC1CN(C(C)C)CCO1. The molecule has 20 heavy (non-hydrogen) atoms. The highest BCUT2D eigenvalue weighted by molar-refractivity contribution is 4.79. The summed E-state index contributed by atoms with van der Waals surface area (Å²) >= 11 is 0. The number of piperidine rings is 1. The van der Waals surface area contributed by atoms with Crippen LogP contribution in [0.4, 0.5) is 0 Å². The van der Waals surface area contributed by atoms with Gasteiger partial charge < -0.3 is 15.0 Å². The number of nitrogens with zero attached hydrogens (tertiary/aromatic N) is 2. The molecule has 2 aliphatic rings. The Morgan fingerprint density at radius 1 is 1.25 bits per heavy atom. The number of morpholine rings is 1. The van der Waals surface area contributed by atoms with E-state index in [-0.39, 0.29) is 0 Å². The van der Waals surface area contributed by atoms with Gasteiger partial charge in [0.2, 0.25) is 0 Å². The van der Waals surface area contributed by atoms with Crippen LogP contribution < -0.4 is 5.32 Å². The van der Waals surface area contributed by atoms with Crippen LogP contribution in [0.3, 0.4) is 0 Å². The van der Waals surface area contributed by atoms with Crippen LogP contribution in [-0.4, -0.2) is 74.4 Å². The molecule has 2 heterocycles. The minimum atomic E-state index is 0.396. The summed E-state index contributed by atoms with van der Waals surface area (Å²) < 4.78 is 5.98. The highest BCUT2D eigenvalue weighted by Crippen LogP contribution is 2.15. The normalized spacial score (nSPS) is 26.6. The van der Waals surface area contributed by atoms with E-state index in [1.807, 2.05) is 0 Å². The Balaban J connectivity index is 1.76. The first-order valence-electron chi connectivity index (χ1n) is 8.47. The predicted molar refractivity (Wildman–Crippen MR) is 84.2 cm³/mol. The van der Waals surface area contributed by atoms with Gasteiger partial charge in [-0.15, -0.1) is 0 Å². The van der Waals surface area contributed by atoms with Gasteiger partial charge in [0.1, 0.15) is 0 Å². The summed E-state index contributed by atoms with van der Waals surface area (Å²) in [5, 5.41) is 3.46.